The van der Waals surface area contributed by atoms with E-state index in [1.165, 1.54) is 7.11 Å². The zero-order valence-corrected chi connectivity index (χ0v) is 20.0. The van der Waals surface area contributed by atoms with Crippen LogP contribution in [0.5, 0.6) is 11.5 Å². The third kappa shape index (κ3) is 4.49. The van der Waals surface area contributed by atoms with Crippen LogP contribution >= 0.6 is 0 Å². The van der Waals surface area contributed by atoms with Gasteiger partial charge in [0.15, 0.2) is 11.5 Å². The van der Waals surface area contributed by atoms with Gasteiger partial charge in [0.05, 0.1) is 38.3 Å². The summed E-state index contributed by atoms with van der Waals surface area (Å²) in [6.45, 7) is 6.86. The summed E-state index contributed by atoms with van der Waals surface area (Å²) in [6, 6.07) is 18.6. The smallest absolute Gasteiger partial charge is 0.337 e. The molecule has 1 aliphatic heterocycles. The second-order valence-corrected chi connectivity index (χ2v) is 8.16. The molecule has 0 spiro atoms. The van der Waals surface area contributed by atoms with Crippen LogP contribution < -0.4 is 14.4 Å². The molecule has 4 rings (SSSR count). The van der Waals surface area contributed by atoms with Gasteiger partial charge in [-0.15, -0.1) is 0 Å². The molecule has 1 heterocycles. The zero-order chi connectivity index (χ0) is 24.2. The molecule has 0 aromatic heterocycles. The largest absolute Gasteiger partial charge is 0.490 e. The Morgan fingerprint density at radius 3 is 2.26 bits per heavy atom. The van der Waals surface area contributed by atoms with Crippen LogP contribution in [0.15, 0.2) is 60.7 Å². The van der Waals surface area contributed by atoms with Crippen molar-refractivity contribution in [3.05, 3.63) is 88.5 Å². The van der Waals surface area contributed by atoms with E-state index in [0.717, 1.165) is 27.9 Å². The molecule has 176 valence electrons. The second-order valence-electron chi connectivity index (χ2n) is 8.16. The quantitative estimate of drug-likeness (QED) is 0.451. The second kappa shape index (κ2) is 10.00. The van der Waals surface area contributed by atoms with E-state index in [2.05, 4.69) is 0 Å². The summed E-state index contributed by atoms with van der Waals surface area (Å²) in [6.07, 6.45) is 0.256. The van der Waals surface area contributed by atoms with Gasteiger partial charge < -0.3 is 19.1 Å². The molecule has 1 amide bonds. The number of ether oxygens (including phenoxy) is 3. The first-order valence-electron chi connectivity index (χ1n) is 11.5. The van der Waals surface area contributed by atoms with Crippen molar-refractivity contribution >= 4 is 17.6 Å². The SMILES string of the molecule is CCOc1cc2c(cc1OCC)[C@@H](c1ccc(C(=O)OC)cc1)N(c1cccc(C)c1)C(=O)C2. The molecule has 0 unspecified atom stereocenters. The predicted molar refractivity (Wildman–Crippen MR) is 131 cm³/mol. The van der Waals surface area contributed by atoms with Gasteiger partial charge in [0.2, 0.25) is 5.91 Å². The lowest BCUT2D eigenvalue weighted by molar-refractivity contribution is -0.118. The van der Waals surface area contributed by atoms with Crippen LogP contribution in [0.1, 0.15) is 52.5 Å². The Labute approximate surface area is 200 Å². The van der Waals surface area contributed by atoms with Gasteiger partial charge in [-0.25, -0.2) is 4.79 Å². The van der Waals surface area contributed by atoms with Crippen molar-refractivity contribution < 1.29 is 23.8 Å². The molecule has 0 saturated carbocycles. The highest BCUT2D eigenvalue weighted by molar-refractivity contribution is 5.98. The number of anilines is 1. The Bertz CT molecular complexity index is 1200. The highest BCUT2D eigenvalue weighted by Crippen LogP contribution is 2.43. The fraction of sp³-hybridized carbons (Fsp3) is 0.286. The van der Waals surface area contributed by atoms with E-state index in [-0.39, 0.29) is 18.4 Å². The summed E-state index contributed by atoms with van der Waals surface area (Å²) in [7, 11) is 1.36. The fourth-order valence-electron chi connectivity index (χ4n) is 4.41. The van der Waals surface area contributed by atoms with E-state index in [1.54, 1.807) is 12.1 Å². The lowest BCUT2D eigenvalue weighted by Gasteiger charge is -2.38. The molecule has 0 fully saturated rings. The first kappa shape index (κ1) is 23.4. The summed E-state index contributed by atoms with van der Waals surface area (Å²) >= 11 is 0. The molecule has 0 bridgehead atoms. The molecule has 1 aliphatic rings. The van der Waals surface area contributed by atoms with E-state index in [1.807, 2.05) is 74.2 Å². The van der Waals surface area contributed by atoms with Gasteiger partial charge >= 0.3 is 5.97 Å². The van der Waals surface area contributed by atoms with E-state index in [0.29, 0.717) is 30.3 Å². The molecule has 34 heavy (non-hydrogen) atoms. The molecule has 6 heteroatoms. The molecule has 0 aliphatic carbocycles. The normalized spacial score (nSPS) is 15.0. The lowest BCUT2D eigenvalue weighted by Crippen LogP contribution is -2.41. The number of fused-ring (bicyclic) bond motifs is 1. The number of hydrogen-bond acceptors (Lipinski definition) is 5. The average Bonchev–Trinajstić information content (AvgIpc) is 2.84. The van der Waals surface area contributed by atoms with Crippen molar-refractivity contribution in [2.45, 2.75) is 33.2 Å². The highest BCUT2D eigenvalue weighted by Gasteiger charge is 2.36. The number of esters is 1. The zero-order valence-electron chi connectivity index (χ0n) is 20.0. The third-order valence-corrected chi connectivity index (χ3v) is 5.90. The van der Waals surface area contributed by atoms with Gasteiger partial charge in [-0.05, 0) is 79.4 Å². The van der Waals surface area contributed by atoms with Gasteiger partial charge in [0.1, 0.15) is 0 Å². The van der Waals surface area contributed by atoms with Crippen LogP contribution in [0.25, 0.3) is 0 Å². The monoisotopic (exact) mass is 459 g/mol. The molecule has 0 saturated heterocycles. The first-order valence-corrected chi connectivity index (χ1v) is 11.5. The number of rotatable bonds is 7. The van der Waals surface area contributed by atoms with Gasteiger partial charge in [0.25, 0.3) is 0 Å². The summed E-state index contributed by atoms with van der Waals surface area (Å²) in [5.74, 6) is 0.881. The molecule has 6 nitrogen and oxygen atoms in total. The van der Waals surface area contributed by atoms with E-state index >= 15 is 0 Å². The number of carbonyl (C=O) groups excluding carboxylic acids is 2. The fourth-order valence-corrected chi connectivity index (χ4v) is 4.41. The summed E-state index contributed by atoms with van der Waals surface area (Å²) in [5, 5.41) is 0. The molecule has 0 N–H and O–H groups in total. The molecule has 3 aromatic rings. The Kier molecular flexibility index (Phi) is 6.87. The lowest BCUT2D eigenvalue weighted by atomic mass is 9.86. The average molecular weight is 460 g/mol. The van der Waals surface area contributed by atoms with Crippen LogP contribution in [-0.4, -0.2) is 32.2 Å². The Morgan fingerprint density at radius 1 is 0.971 bits per heavy atom. The van der Waals surface area contributed by atoms with Crippen LogP contribution in [0, 0.1) is 6.92 Å². The van der Waals surface area contributed by atoms with Crippen molar-refractivity contribution in [1.29, 1.82) is 0 Å². The van der Waals surface area contributed by atoms with Crippen LogP contribution in [0.4, 0.5) is 5.69 Å². The van der Waals surface area contributed by atoms with Crippen LogP contribution in [-0.2, 0) is 16.0 Å². The van der Waals surface area contributed by atoms with Gasteiger partial charge in [0, 0.05) is 5.69 Å². The predicted octanol–water partition coefficient (Wildman–Crippen LogP) is 5.26. The summed E-state index contributed by atoms with van der Waals surface area (Å²) in [4.78, 5) is 27.3. The van der Waals surface area contributed by atoms with Crippen LogP contribution in [0.2, 0.25) is 0 Å². The number of nitrogens with zero attached hydrogens (tertiary/aromatic N) is 1. The van der Waals surface area contributed by atoms with Crippen molar-refractivity contribution in [2.75, 3.05) is 25.2 Å². The summed E-state index contributed by atoms with van der Waals surface area (Å²) < 4.78 is 16.6. The Hall–Kier alpha value is -3.80. The number of carbonyl (C=O) groups is 2. The minimum absolute atomic E-state index is 0.00764. The Balaban J connectivity index is 1.90. The molecular formula is C28H29NO5. The van der Waals surface area contributed by atoms with E-state index in [4.69, 9.17) is 14.2 Å². The molecule has 0 radical (unpaired) electrons. The minimum Gasteiger partial charge on any atom is -0.490 e. The van der Waals surface area contributed by atoms with Gasteiger partial charge in [-0.1, -0.05) is 24.3 Å². The van der Waals surface area contributed by atoms with E-state index in [9.17, 15) is 9.59 Å². The van der Waals surface area contributed by atoms with Gasteiger partial charge in [-0.2, -0.15) is 0 Å². The first-order chi connectivity index (χ1) is 16.5. The number of methoxy groups -OCH3 is 1. The molecular weight excluding hydrogens is 430 g/mol. The number of amides is 1. The maximum Gasteiger partial charge on any atom is 0.337 e. The Morgan fingerprint density at radius 2 is 1.65 bits per heavy atom. The highest BCUT2D eigenvalue weighted by atomic mass is 16.5. The molecule has 1 atom stereocenters. The maximum absolute atomic E-state index is 13.5. The number of benzene rings is 3. The number of aryl methyl sites for hydroxylation is 1. The topological polar surface area (TPSA) is 65.1 Å². The summed E-state index contributed by atoms with van der Waals surface area (Å²) in [5.41, 5.74) is 5.11. The number of hydrogen-bond donors (Lipinski definition) is 0. The van der Waals surface area contributed by atoms with Crippen LogP contribution in [0.3, 0.4) is 0 Å². The standard InChI is InChI=1S/C28H29NO5/c1-5-33-24-15-21-16-26(30)29(22-9-7-8-18(3)14-22)27(23(21)17-25(24)34-6-2)19-10-12-20(13-11-19)28(31)32-4/h7-15,17,27H,5-6,16H2,1-4H3/t27-/m1/s1. The van der Waals surface area contributed by atoms with Crippen molar-refractivity contribution in [2.24, 2.45) is 0 Å². The van der Waals surface area contributed by atoms with Gasteiger partial charge in [-0.3, -0.25) is 4.79 Å². The van der Waals surface area contributed by atoms with Crippen molar-refractivity contribution in [3.63, 3.8) is 0 Å². The van der Waals surface area contributed by atoms with Crippen molar-refractivity contribution in [3.8, 4) is 11.5 Å². The van der Waals surface area contributed by atoms with Crippen molar-refractivity contribution in [1.82, 2.24) is 0 Å². The molecule has 3 aromatic carbocycles. The maximum atomic E-state index is 13.5. The minimum atomic E-state index is -0.401. The third-order valence-electron chi connectivity index (χ3n) is 5.90. The van der Waals surface area contributed by atoms with E-state index < -0.39 is 5.97 Å².